The van der Waals surface area contributed by atoms with Crippen LogP contribution in [0, 0.1) is 0 Å². The minimum Gasteiger partial charge on any atom is -0.375 e. The van der Waals surface area contributed by atoms with Gasteiger partial charge in [0.2, 0.25) is 0 Å². The summed E-state index contributed by atoms with van der Waals surface area (Å²) in [5, 5.41) is 3.26. The molecule has 0 aliphatic rings. The van der Waals surface area contributed by atoms with Crippen molar-refractivity contribution in [2.75, 3.05) is 19.8 Å². The van der Waals surface area contributed by atoms with Crippen molar-refractivity contribution >= 4 is 0 Å². The predicted octanol–water partition coefficient (Wildman–Crippen LogP) is 2.60. The Hall–Kier alpha value is -0.480. The zero-order chi connectivity index (χ0) is 11.7. The van der Waals surface area contributed by atoms with Crippen LogP contribution in [0.4, 0.5) is 8.78 Å². The molecule has 15 heavy (non-hydrogen) atoms. The quantitative estimate of drug-likeness (QED) is 0.502. The number of ether oxygens (including phenoxy) is 1. The first-order chi connectivity index (χ1) is 7.06. The van der Waals surface area contributed by atoms with Crippen LogP contribution in [0.1, 0.15) is 27.2 Å². The lowest BCUT2D eigenvalue weighted by molar-refractivity contribution is 0.0154. The summed E-state index contributed by atoms with van der Waals surface area (Å²) in [6, 6.07) is 0.220. The summed E-state index contributed by atoms with van der Waals surface area (Å²) in [4.78, 5) is 0. The highest BCUT2D eigenvalue weighted by Crippen LogP contribution is 2.01. The normalized spacial score (nSPS) is 12.9. The first kappa shape index (κ1) is 14.5. The van der Waals surface area contributed by atoms with Gasteiger partial charge in [0.25, 0.3) is 6.43 Å². The van der Waals surface area contributed by atoms with Crippen LogP contribution < -0.4 is 5.32 Å². The number of likely N-dealkylation sites (N-methyl/N-ethyl adjacent to an activating group) is 1. The maximum Gasteiger partial charge on any atom is 0.261 e. The third-order valence-electron chi connectivity index (χ3n) is 1.82. The molecule has 0 heterocycles. The molecule has 0 aromatic carbocycles. The van der Waals surface area contributed by atoms with Gasteiger partial charge in [0.1, 0.15) is 6.61 Å². The standard InChI is InChI=1S/C11H21F2NO/c1-4-14-10(7-9(2)3)5-6-15-8-11(12)13/h7,10-11,14H,4-6,8H2,1-3H3. The van der Waals surface area contributed by atoms with Crippen molar-refractivity contribution in [1.29, 1.82) is 0 Å². The SMILES string of the molecule is CCNC(C=C(C)C)CCOCC(F)F. The largest absolute Gasteiger partial charge is 0.375 e. The molecular formula is C11H21F2NO. The molecule has 0 radical (unpaired) electrons. The minimum absolute atomic E-state index is 0.220. The fourth-order valence-corrected chi connectivity index (χ4v) is 1.29. The molecule has 90 valence electrons. The molecule has 1 atom stereocenters. The van der Waals surface area contributed by atoms with Gasteiger partial charge < -0.3 is 10.1 Å². The lowest BCUT2D eigenvalue weighted by Gasteiger charge is -2.14. The third kappa shape index (κ3) is 9.82. The molecule has 0 aliphatic heterocycles. The second-order valence-corrected chi connectivity index (χ2v) is 3.66. The highest BCUT2D eigenvalue weighted by Gasteiger charge is 2.05. The molecule has 2 nitrogen and oxygen atoms in total. The van der Waals surface area contributed by atoms with E-state index in [2.05, 4.69) is 11.4 Å². The topological polar surface area (TPSA) is 21.3 Å². The Labute approximate surface area is 90.7 Å². The maximum absolute atomic E-state index is 11.8. The van der Waals surface area contributed by atoms with Gasteiger partial charge in [-0.15, -0.1) is 0 Å². The number of alkyl halides is 2. The average molecular weight is 221 g/mol. The van der Waals surface area contributed by atoms with Crippen molar-refractivity contribution in [3.05, 3.63) is 11.6 Å². The first-order valence-electron chi connectivity index (χ1n) is 5.30. The minimum atomic E-state index is -2.37. The van der Waals surface area contributed by atoms with Gasteiger partial charge in [0.05, 0.1) is 0 Å². The Kier molecular flexibility index (Phi) is 8.52. The summed E-state index contributed by atoms with van der Waals surface area (Å²) in [5.74, 6) is 0. The van der Waals surface area contributed by atoms with Gasteiger partial charge >= 0.3 is 0 Å². The molecule has 4 heteroatoms. The van der Waals surface area contributed by atoms with Crippen molar-refractivity contribution < 1.29 is 13.5 Å². The van der Waals surface area contributed by atoms with E-state index in [1.165, 1.54) is 5.57 Å². The van der Waals surface area contributed by atoms with Crippen LogP contribution in [-0.2, 0) is 4.74 Å². The first-order valence-corrected chi connectivity index (χ1v) is 5.30. The number of allylic oxidation sites excluding steroid dienone is 1. The molecule has 0 aliphatic carbocycles. The number of hydrogen-bond donors (Lipinski definition) is 1. The van der Waals surface area contributed by atoms with Gasteiger partial charge in [-0.1, -0.05) is 18.6 Å². The van der Waals surface area contributed by atoms with Crippen LogP contribution >= 0.6 is 0 Å². The van der Waals surface area contributed by atoms with Crippen LogP contribution in [0.3, 0.4) is 0 Å². The summed E-state index contributed by atoms with van der Waals surface area (Å²) < 4.78 is 28.4. The van der Waals surface area contributed by atoms with Crippen molar-refractivity contribution in [3.8, 4) is 0 Å². The van der Waals surface area contributed by atoms with E-state index in [9.17, 15) is 8.78 Å². The zero-order valence-electron chi connectivity index (χ0n) is 9.72. The Morgan fingerprint density at radius 1 is 1.40 bits per heavy atom. The zero-order valence-corrected chi connectivity index (χ0v) is 9.72. The van der Waals surface area contributed by atoms with Gasteiger partial charge in [-0.3, -0.25) is 0 Å². The van der Waals surface area contributed by atoms with Gasteiger partial charge in [-0.05, 0) is 26.8 Å². The number of hydrogen-bond acceptors (Lipinski definition) is 2. The summed E-state index contributed by atoms with van der Waals surface area (Å²) in [5.41, 5.74) is 1.22. The monoisotopic (exact) mass is 221 g/mol. The molecule has 0 bridgehead atoms. The van der Waals surface area contributed by atoms with Crippen LogP contribution in [0.15, 0.2) is 11.6 Å². The second-order valence-electron chi connectivity index (χ2n) is 3.66. The molecule has 0 aromatic rings. The van der Waals surface area contributed by atoms with Crippen LogP contribution in [-0.4, -0.2) is 32.2 Å². The Balaban J connectivity index is 3.71. The Morgan fingerprint density at radius 2 is 2.07 bits per heavy atom. The Bertz CT molecular complexity index is 179. The van der Waals surface area contributed by atoms with E-state index < -0.39 is 13.0 Å². The van der Waals surface area contributed by atoms with E-state index in [4.69, 9.17) is 4.74 Å². The molecule has 0 amide bonds. The van der Waals surface area contributed by atoms with Gasteiger partial charge in [-0.25, -0.2) is 8.78 Å². The van der Waals surface area contributed by atoms with Crippen LogP contribution in [0.25, 0.3) is 0 Å². The maximum atomic E-state index is 11.8. The lowest BCUT2D eigenvalue weighted by Crippen LogP contribution is -2.28. The smallest absolute Gasteiger partial charge is 0.261 e. The lowest BCUT2D eigenvalue weighted by atomic mass is 10.1. The van der Waals surface area contributed by atoms with Crippen LogP contribution in [0.2, 0.25) is 0 Å². The van der Waals surface area contributed by atoms with Crippen molar-refractivity contribution in [3.63, 3.8) is 0 Å². The number of halogens is 2. The van der Waals surface area contributed by atoms with E-state index in [1.54, 1.807) is 0 Å². The van der Waals surface area contributed by atoms with Gasteiger partial charge in [0, 0.05) is 12.6 Å². The van der Waals surface area contributed by atoms with Crippen molar-refractivity contribution in [2.45, 2.75) is 39.7 Å². The van der Waals surface area contributed by atoms with Gasteiger partial charge in [-0.2, -0.15) is 0 Å². The summed E-state index contributed by atoms with van der Waals surface area (Å²) in [7, 11) is 0. The average Bonchev–Trinajstić information content (AvgIpc) is 2.11. The van der Waals surface area contributed by atoms with E-state index in [-0.39, 0.29) is 6.04 Å². The molecule has 0 rings (SSSR count). The third-order valence-corrected chi connectivity index (χ3v) is 1.82. The van der Waals surface area contributed by atoms with Gasteiger partial charge in [0.15, 0.2) is 0 Å². The molecule has 0 aromatic heterocycles. The van der Waals surface area contributed by atoms with Crippen molar-refractivity contribution in [1.82, 2.24) is 5.32 Å². The summed E-state index contributed by atoms with van der Waals surface area (Å²) in [6.07, 6.45) is 0.451. The Morgan fingerprint density at radius 3 is 2.53 bits per heavy atom. The fourth-order valence-electron chi connectivity index (χ4n) is 1.29. The van der Waals surface area contributed by atoms with E-state index in [0.717, 1.165) is 13.0 Å². The van der Waals surface area contributed by atoms with E-state index in [1.807, 2.05) is 20.8 Å². The second kappa shape index (κ2) is 8.80. The van der Waals surface area contributed by atoms with Crippen molar-refractivity contribution in [2.24, 2.45) is 0 Å². The molecule has 0 saturated heterocycles. The predicted molar refractivity (Wildman–Crippen MR) is 58.3 cm³/mol. The summed E-state index contributed by atoms with van der Waals surface area (Å²) >= 11 is 0. The highest BCUT2D eigenvalue weighted by atomic mass is 19.3. The molecular weight excluding hydrogens is 200 g/mol. The number of nitrogens with one attached hydrogen (secondary N) is 1. The molecule has 1 N–H and O–H groups in total. The van der Waals surface area contributed by atoms with Crippen LogP contribution in [0.5, 0.6) is 0 Å². The van der Waals surface area contributed by atoms with E-state index >= 15 is 0 Å². The van der Waals surface area contributed by atoms with E-state index in [0.29, 0.717) is 6.61 Å². The molecule has 0 saturated carbocycles. The molecule has 1 unspecified atom stereocenters. The molecule has 0 fully saturated rings. The highest BCUT2D eigenvalue weighted by molar-refractivity contribution is 5.00. The number of rotatable bonds is 8. The summed E-state index contributed by atoms with van der Waals surface area (Å²) in [6.45, 7) is 6.82. The molecule has 0 spiro atoms. The fraction of sp³-hybridized carbons (Fsp3) is 0.818.